The van der Waals surface area contributed by atoms with Gasteiger partial charge in [-0.05, 0) is 50.3 Å². The highest BCUT2D eigenvalue weighted by molar-refractivity contribution is 7.90. The van der Waals surface area contributed by atoms with Crippen molar-refractivity contribution in [1.82, 2.24) is 14.5 Å². The number of sulfone groups is 1. The van der Waals surface area contributed by atoms with Crippen molar-refractivity contribution in [2.45, 2.75) is 62.7 Å². The molecular weight excluding hydrogens is 421 g/mol. The van der Waals surface area contributed by atoms with E-state index in [4.69, 9.17) is 4.74 Å². The lowest BCUT2D eigenvalue weighted by Gasteiger charge is -2.23. The van der Waals surface area contributed by atoms with E-state index in [0.29, 0.717) is 37.5 Å². The van der Waals surface area contributed by atoms with Crippen LogP contribution >= 0.6 is 0 Å². The van der Waals surface area contributed by atoms with Gasteiger partial charge in [-0.1, -0.05) is 12.1 Å². The summed E-state index contributed by atoms with van der Waals surface area (Å²) in [5.41, 5.74) is 1.18. The molecule has 2 fully saturated rings. The van der Waals surface area contributed by atoms with Gasteiger partial charge in [-0.3, -0.25) is 4.79 Å². The van der Waals surface area contributed by atoms with Gasteiger partial charge in [0.2, 0.25) is 20.9 Å². The number of aromatic nitrogens is 2. The van der Waals surface area contributed by atoms with Gasteiger partial charge in [-0.2, -0.15) is 0 Å². The lowest BCUT2D eigenvalue weighted by molar-refractivity contribution is -0.133. The molecule has 2 aromatic rings. The van der Waals surface area contributed by atoms with Crippen LogP contribution in [0.4, 0.5) is 4.39 Å². The van der Waals surface area contributed by atoms with E-state index < -0.39 is 15.7 Å². The fourth-order valence-electron chi connectivity index (χ4n) is 3.95. The Morgan fingerprint density at radius 2 is 2.00 bits per heavy atom. The van der Waals surface area contributed by atoms with Crippen LogP contribution < -0.4 is 0 Å². The standard InChI is InChI=1S/C22H28FN3O4S/c1-2-25(21(27)17-7-8-17)13-19-12-24-22(26(19)14-20-4-3-11-30-20)31(28,29)15-16-5-9-18(23)10-6-16/h5-6,9-10,12,17,20H,2-4,7-8,11,13-15H2,1H3/t20-/m1/s1. The van der Waals surface area contributed by atoms with Gasteiger partial charge in [0.25, 0.3) is 0 Å². The smallest absolute Gasteiger partial charge is 0.228 e. The van der Waals surface area contributed by atoms with Crippen molar-refractivity contribution >= 4 is 15.7 Å². The summed E-state index contributed by atoms with van der Waals surface area (Å²) in [5, 5.41) is -0.0303. The highest BCUT2D eigenvalue weighted by atomic mass is 32.2. The molecule has 1 amide bonds. The summed E-state index contributed by atoms with van der Waals surface area (Å²) in [7, 11) is -3.77. The lowest BCUT2D eigenvalue weighted by Crippen LogP contribution is -2.33. The van der Waals surface area contributed by atoms with Gasteiger partial charge in [0, 0.05) is 19.1 Å². The molecule has 1 aromatic carbocycles. The molecule has 4 rings (SSSR count). The van der Waals surface area contributed by atoms with Crippen LogP contribution in [0.1, 0.15) is 43.9 Å². The molecule has 9 heteroatoms. The molecule has 1 atom stereocenters. The molecule has 1 aromatic heterocycles. The van der Waals surface area contributed by atoms with Crippen LogP contribution in [0, 0.1) is 11.7 Å². The van der Waals surface area contributed by atoms with E-state index in [9.17, 15) is 17.6 Å². The topological polar surface area (TPSA) is 81.5 Å². The minimum Gasteiger partial charge on any atom is -0.376 e. The molecule has 168 valence electrons. The Morgan fingerprint density at radius 1 is 1.26 bits per heavy atom. The van der Waals surface area contributed by atoms with Crippen LogP contribution in [0.5, 0.6) is 0 Å². The average molecular weight is 450 g/mol. The average Bonchev–Trinajstić information content (AvgIpc) is 3.32. The number of carbonyl (C=O) groups is 1. The Labute approximate surface area is 182 Å². The number of halogens is 1. The fraction of sp³-hybridized carbons (Fsp3) is 0.545. The summed E-state index contributed by atoms with van der Waals surface area (Å²) in [5.74, 6) is -0.476. The zero-order valence-corrected chi connectivity index (χ0v) is 18.5. The molecule has 0 unspecified atom stereocenters. The Balaban J connectivity index is 1.62. The number of nitrogens with zero attached hydrogens (tertiary/aromatic N) is 3. The van der Waals surface area contributed by atoms with Crippen LogP contribution in [0.25, 0.3) is 0 Å². The van der Waals surface area contributed by atoms with E-state index in [-0.39, 0.29) is 28.8 Å². The number of hydrogen-bond acceptors (Lipinski definition) is 5. The Bertz CT molecular complexity index is 1030. The molecule has 0 N–H and O–H groups in total. The molecule has 2 aliphatic rings. The van der Waals surface area contributed by atoms with Gasteiger partial charge in [0.1, 0.15) is 5.82 Å². The fourth-order valence-corrected chi connectivity index (χ4v) is 5.45. The first-order valence-electron chi connectivity index (χ1n) is 10.8. The highest BCUT2D eigenvalue weighted by Gasteiger charge is 2.34. The lowest BCUT2D eigenvalue weighted by atomic mass is 10.2. The summed E-state index contributed by atoms with van der Waals surface area (Å²) >= 11 is 0. The van der Waals surface area contributed by atoms with Crippen LogP contribution in [0.2, 0.25) is 0 Å². The van der Waals surface area contributed by atoms with Crippen molar-refractivity contribution < 1.29 is 22.3 Å². The number of amides is 1. The number of carbonyl (C=O) groups excluding carboxylic acids is 1. The third-order valence-corrected chi connectivity index (χ3v) is 7.43. The minimum atomic E-state index is -3.77. The second-order valence-corrected chi connectivity index (χ2v) is 10.2. The van der Waals surface area contributed by atoms with Crippen molar-refractivity contribution in [3.8, 4) is 0 Å². The van der Waals surface area contributed by atoms with Crippen LogP contribution in [-0.2, 0) is 38.2 Å². The molecule has 1 aliphatic heterocycles. The molecular formula is C22H28FN3O4S. The maximum atomic E-state index is 13.2. The first-order chi connectivity index (χ1) is 14.9. The number of imidazole rings is 1. The Morgan fingerprint density at radius 3 is 2.61 bits per heavy atom. The van der Waals surface area contributed by atoms with Gasteiger partial charge >= 0.3 is 0 Å². The molecule has 1 saturated heterocycles. The molecule has 31 heavy (non-hydrogen) atoms. The molecule has 2 heterocycles. The van der Waals surface area contributed by atoms with Crippen LogP contribution in [0.3, 0.4) is 0 Å². The van der Waals surface area contributed by atoms with Crippen molar-refractivity contribution in [2.75, 3.05) is 13.2 Å². The molecule has 0 spiro atoms. The van der Waals surface area contributed by atoms with Gasteiger partial charge in [-0.15, -0.1) is 0 Å². The van der Waals surface area contributed by atoms with E-state index in [1.54, 1.807) is 15.7 Å². The van der Waals surface area contributed by atoms with Crippen molar-refractivity contribution in [1.29, 1.82) is 0 Å². The maximum absolute atomic E-state index is 13.2. The van der Waals surface area contributed by atoms with Crippen molar-refractivity contribution in [2.24, 2.45) is 5.92 Å². The normalized spacial score (nSPS) is 19.0. The number of rotatable bonds is 9. The molecule has 1 aliphatic carbocycles. The summed E-state index contributed by atoms with van der Waals surface area (Å²) < 4.78 is 47.0. The molecule has 1 saturated carbocycles. The third-order valence-electron chi connectivity index (χ3n) is 5.83. The monoisotopic (exact) mass is 449 g/mol. The van der Waals surface area contributed by atoms with E-state index in [2.05, 4.69) is 4.98 Å². The van der Waals surface area contributed by atoms with E-state index in [1.807, 2.05) is 6.92 Å². The van der Waals surface area contributed by atoms with Gasteiger partial charge in [0.05, 0.1) is 36.8 Å². The zero-order chi connectivity index (χ0) is 22.0. The number of benzene rings is 1. The summed E-state index contributed by atoms with van der Waals surface area (Å²) in [6, 6.07) is 5.43. The summed E-state index contributed by atoms with van der Waals surface area (Å²) in [6.07, 6.45) is 5.10. The van der Waals surface area contributed by atoms with E-state index in [0.717, 1.165) is 25.7 Å². The van der Waals surface area contributed by atoms with Gasteiger partial charge in [0.15, 0.2) is 0 Å². The Kier molecular flexibility index (Phi) is 6.43. The quantitative estimate of drug-likeness (QED) is 0.588. The summed E-state index contributed by atoms with van der Waals surface area (Å²) in [6.45, 7) is 3.83. The largest absolute Gasteiger partial charge is 0.376 e. The van der Waals surface area contributed by atoms with Crippen LogP contribution in [0.15, 0.2) is 35.6 Å². The van der Waals surface area contributed by atoms with Crippen molar-refractivity contribution in [3.63, 3.8) is 0 Å². The second kappa shape index (κ2) is 9.08. The summed E-state index contributed by atoms with van der Waals surface area (Å²) in [4.78, 5) is 18.6. The SMILES string of the molecule is CCN(Cc1cnc(S(=O)(=O)Cc2ccc(F)cc2)n1C[C@H]1CCCO1)C(=O)C1CC1. The predicted molar refractivity (Wildman–Crippen MR) is 112 cm³/mol. The molecule has 7 nitrogen and oxygen atoms in total. The first-order valence-corrected chi connectivity index (χ1v) is 12.4. The van der Waals surface area contributed by atoms with Crippen molar-refractivity contribution in [3.05, 3.63) is 47.5 Å². The van der Waals surface area contributed by atoms with Gasteiger partial charge < -0.3 is 14.2 Å². The maximum Gasteiger partial charge on any atom is 0.228 e. The Hall–Kier alpha value is -2.26. The number of ether oxygens (including phenoxy) is 1. The second-order valence-electron chi connectivity index (χ2n) is 8.29. The van der Waals surface area contributed by atoms with Gasteiger partial charge in [-0.25, -0.2) is 17.8 Å². The third kappa shape index (κ3) is 5.15. The molecule has 0 radical (unpaired) electrons. The zero-order valence-electron chi connectivity index (χ0n) is 17.7. The highest BCUT2D eigenvalue weighted by Crippen LogP contribution is 2.31. The molecule has 0 bridgehead atoms. The van der Waals surface area contributed by atoms with E-state index in [1.165, 1.54) is 24.3 Å². The van der Waals surface area contributed by atoms with Crippen LogP contribution in [-0.4, -0.2) is 48.0 Å². The number of hydrogen-bond donors (Lipinski definition) is 0. The van der Waals surface area contributed by atoms with E-state index >= 15 is 0 Å². The first kappa shape index (κ1) is 22.0. The predicted octanol–water partition coefficient (Wildman–Crippen LogP) is 2.93. The minimum absolute atomic E-state index is 0.0303.